The Labute approximate surface area is 148 Å². The number of carboxylic acid groups (broad SMARTS) is 1. The largest absolute Gasteiger partial charge is 0.481 e. The van der Waals surface area contributed by atoms with Gasteiger partial charge in [-0.25, -0.2) is 0 Å². The lowest BCUT2D eigenvalue weighted by molar-refractivity contribution is -0.143. The van der Waals surface area contributed by atoms with E-state index in [1.807, 2.05) is 6.92 Å². The van der Waals surface area contributed by atoms with E-state index in [2.05, 4.69) is 12.2 Å². The van der Waals surface area contributed by atoms with Crippen molar-refractivity contribution in [3.8, 4) is 0 Å². The smallest absolute Gasteiger partial charge is 0.306 e. The zero-order valence-corrected chi connectivity index (χ0v) is 14.8. The Morgan fingerprint density at radius 3 is 2.32 bits per heavy atom. The summed E-state index contributed by atoms with van der Waals surface area (Å²) in [7, 11) is 0. The van der Waals surface area contributed by atoms with E-state index in [9.17, 15) is 14.4 Å². The highest BCUT2D eigenvalue weighted by molar-refractivity contribution is 5.96. The molecule has 6 heteroatoms. The number of carboxylic acids is 1. The fraction of sp³-hybridized carbons (Fsp3) is 0.526. The first-order chi connectivity index (χ1) is 11.9. The Balaban J connectivity index is 1.90. The Morgan fingerprint density at radius 1 is 1.20 bits per heavy atom. The number of benzene rings is 1. The summed E-state index contributed by atoms with van der Waals surface area (Å²) >= 11 is 0. The Bertz CT molecular complexity index is 619. The van der Waals surface area contributed by atoms with Crippen molar-refractivity contribution in [1.82, 2.24) is 4.90 Å². The van der Waals surface area contributed by atoms with Gasteiger partial charge in [0.1, 0.15) is 0 Å². The summed E-state index contributed by atoms with van der Waals surface area (Å²) in [6, 6.07) is 6.85. The molecule has 2 amide bonds. The van der Waals surface area contributed by atoms with Gasteiger partial charge in [0.2, 0.25) is 5.91 Å². The molecule has 2 N–H and O–H groups in total. The molecule has 0 spiro atoms. The van der Waals surface area contributed by atoms with Gasteiger partial charge < -0.3 is 15.3 Å². The van der Waals surface area contributed by atoms with Crippen LogP contribution >= 0.6 is 0 Å². The van der Waals surface area contributed by atoms with Crippen molar-refractivity contribution < 1.29 is 19.5 Å². The highest BCUT2D eigenvalue weighted by atomic mass is 16.4. The molecule has 1 fully saturated rings. The molecule has 136 valence electrons. The van der Waals surface area contributed by atoms with Gasteiger partial charge in [-0.1, -0.05) is 20.3 Å². The SMILES string of the molecule is CCC(C)CC(=O)Nc1ccc(C(=O)N2CCC(C(=O)O)CC2)cc1. The molecule has 0 aliphatic carbocycles. The Hall–Kier alpha value is -2.37. The molecule has 1 aromatic rings. The van der Waals surface area contributed by atoms with E-state index in [1.165, 1.54) is 0 Å². The second kappa shape index (κ2) is 8.65. The molecule has 0 radical (unpaired) electrons. The van der Waals surface area contributed by atoms with E-state index in [-0.39, 0.29) is 17.7 Å². The highest BCUT2D eigenvalue weighted by Crippen LogP contribution is 2.20. The molecule has 1 saturated heterocycles. The predicted octanol–water partition coefficient (Wildman–Crippen LogP) is 3.00. The first-order valence-corrected chi connectivity index (χ1v) is 8.82. The third-order valence-corrected chi connectivity index (χ3v) is 4.78. The standard InChI is InChI=1S/C19H26N2O4/c1-3-13(2)12-17(22)20-16-6-4-14(5-7-16)18(23)21-10-8-15(9-11-21)19(24)25/h4-7,13,15H,3,8-12H2,1-2H3,(H,20,22)(H,24,25). The van der Waals surface area contributed by atoms with Gasteiger partial charge in [0.25, 0.3) is 5.91 Å². The summed E-state index contributed by atoms with van der Waals surface area (Å²) < 4.78 is 0. The van der Waals surface area contributed by atoms with Gasteiger partial charge in [-0.2, -0.15) is 0 Å². The Morgan fingerprint density at radius 2 is 1.80 bits per heavy atom. The number of carbonyl (C=O) groups is 3. The molecule has 1 unspecified atom stereocenters. The normalized spacial score (nSPS) is 16.3. The van der Waals surface area contributed by atoms with Gasteiger partial charge >= 0.3 is 5.97 Å². The average molecular weight is 346 g/mol. The first kappa shape index (κ1) is 19.0. The van der Waals surface area contributed by atoms with Crippen molar-refractivity contribution >= 4 is 23.5 Å². The van der Waals surface area contributed by atoms with E-state index in [4.69, 9.17) is 5.11 Å². The minimum atomic E-state index is -0.787. The summed E-state index contributed by atoms with van der Waals surface area (Å²) in [6.07, 6.45) is 2.42. The van der Waals surface area contributed by atoms with Crippen LogP contribution in [0.5, 0.6) is 0 Å². The number of likely N-dealkylation sites (tertiary alicyclic amines) is 1. The zero-order valence-electron chi connectivity index (χ0n) is 14.8. The number of hydrogen-bond acceptors (Lipinski definition) is 3. The molecular formula is C19H26N2O4. The van der Waals surface area contributed by atoms with Gasteiger partial charge in [0, 0.05) is 30.8 Å². The van der Waals surface area contributed by atoms with Crippen molar-refractivity contribution in [2.24, 2.45) is 11.8 Å². The number of hydrogen-bond donors (Lipinski definition) is 2. The summed E-state index contributed by atoms with van der Waals surface area (Å²) in [5.74, 6) is -0.920. The second-order valence-electron chi connectivity index (χ2n) is 6.75. The highest BCUT2D eigenvalue weighted by Gasteiger charge is 2.27. The molecule has 2 rings (SSSR count). The van der Waals surface area contributed by atoms with Crippen LogP contribution in [0.15, 0.2) is 24.3 Å². The van der Waals surface area contributed by atoms with Crippen molar-refractivity contribution in [2.45, 2.75) is 39.5 Å². The van der Waals surface area contributed by atoms with Gasteiger partial charge in [0.05, 0.1) is 5.92 Å². The van der Waals surface area contributed by atoms with Crippen LogP contribution in [0.3, 0.4) is 0 Å². The van der Waals surface area contributed by atoms with Gasteiger partial charge in [-0.05, 0) is 43.0 Å². The van der Waals surface area contributed by atoms with Gasteiger partial charge in [-0.15, -0.1) is 0 Å². The number of piperidine rings is 1. The van der Waals surface area contributed by atoms with Crippen LogP contribution in [-0.2, 0) is 9.59 Å². The molecule has 25 heavy (non-hydrogen) atoms. The number of aliphatic carboxylic acids is 1. The fourth-order valence-corrected chi connectivity index (χ4v) is 2.88. The number of amides is 2. The topological polar surface area (TPSA) is 86.7 Å². The summed E-state index contributed by atoms with van der Waals surface area (Å²) in [6.45, 7) is 5.01. The lowest BCUT2D eigenvalue weighted by Crippen LogP contribution is -2.40. The van der Waals surface area contributed by atoms with E-state index in [0.717, 1.165) is 6.42 Å². The Kier molecular flexibility index (Phi) is 6.56. The molecule has 1 heterocycles. The maximum Gasteiger partial charge on any atom is 0.306 e. The fourth-order valence-electron chi connectivity index (χ4n) is 2.88. The average Bonchev–Trinajstić information content (AvgIpc) is 2.61. The monoisotopic (exact) mass is 346 g/mol. The van der Waals surface area contributed by atoms with Gasteiger partial charge in [0.15, 0.2) is 0 Å². The summed E-state index contributed by atoms with van der Waals surface area (Å²) in [5, 5.41) is 11.9. The molecule has 0 aromatic heterocycles. The second-order valence-corrected chi connectivity index (χ2v) is 6.75. The summed E-state index contributed by atoms with van der Waals surface area (Å²) in [4.78, 5) is 37.0. The molecule has 0 bridgehead atoms. The summed E-state index contributed by atoms with van der Waals surface area (Å²) in [5.41, 5.74) is 1.23. The number of rotatable bonds is 6. The van der Waals surface area contributed by atoms with Crippen LogP contribution < -0.4 is 5.32 Å². The van der Waals surface area contributed by atoms with Crippen LogP contribution in [0.4, 0.5) is 5.69 Å². The minimum Gasteiger partial charge on any atom is -0.481 e. The maximum atomic E-state index is 12.5. The minimum absolute atomic E-state index is 0.0239. The molecule has 0 saturated carbocycles. The van der Waals surface area contributed by atoms with Crippen molar-refractivity contribution in [3.05, 3.63) is 29.8 Å². The quantitative estimate of drug-likeness (QED) is 0.829. The van der Waals surface area contributed by atoms with Crippen molar-refractivity contribution in [2.75, 3.05) is 18.4 Å². The predicted molar refractivity (Wildman–Crippen MR) is 95.4 cm³/mol. The van der Waals surface area contributed by atoms with E-state index in [1.54, 1.807) is 29.2 Å². The van der Waals surface area contributed by atoms with Crippen molar-refractivity contribution in [3.63, 3.8) is 0 Å². The molecule has 6 nitrogen and oxygen atoms in total. The maximum absolute atomic E-state index is 12.5. The third kappa shape index (κ3) is 5.31. The lowest BCUT2D eigenvalue weighted by Gasteiger charge is -2.30. The zero-order chi connectivity index (χ0) is 18.4. The number of anilines is 1. The van der Waals surface area contributed by atoms with Crippen LogP contribution in [0.2, 0.25) is 0 Å². The molecule has 1 aromatic carbocycles. The number of nitrogens with one attached hydrogen (secondary N) is 1. The van der Waals surface area contributed by atoms with Crippen LogP contribution in [0, 0.1) is 11.8 Å². The van der Waals surface area contributed by atoms with Crippen LogP contribution in [-0.4, -0.2) is 40.9 Å². The number of carbonyl (C=O) groups excluding carboxylic acids is 2. The van der Waals surface area contributed by atoms with Crippen molar-refractivity contribution in [1.29, 1.82) is 0 Å². The van der Waals surface area contributed by atoms with E-state index >= 15 is 0 Å². The lowest BCUT2D eigenvalue weighted by atomic mass is 9.96. The van der Waals surface area contributed by atoms with Crippen LogP contribution in [0.25, 0.3) is 0 Å². The van der Waals surface area contributed by atoms with Gasteiger partial charge in [-0.3, -0.25) is 14.4 Å². The molecule has 1 aliphatic rings. The van der Waals surface area contributed by atoms with Crippen LogP contribution in [0.1, 0.15) is 49.9 Å². The first-order valence-electron chi connectivity index (χ1n) is 8.82. The number of nitrogens with zero attached hydrogens (tertiary/aromatic N) is 1. The molecule has 1 atom stereocenters. The van der Waals surface area contributed by atoms with E-state index < -0.39 is 5.97 Å². The van der Waals surface area contributed by atoms with E-state index in [0.29, 0.717) is 49.5 Å². The third-order valence-electron chi connectivity index (χ3n) is 4.78. The molecule has 1 aliphatic heterocycles. The molecular weight excluding hydrogens is 320 g/mol.